The van der Waals surface area contributed by atoms with Crippen LogP contribution in [0.25, 0.3) is 0 Å². The van der Waals surface area contributed by atoms with Crippen LogP contribution in [0.4, 0.5) is 0 Å². The lowest BCUT2D eigenvalue weighted by atomic mass is 9.46. The van der Waals surface area contributed by atoms with E-state index in [0.717, 1.165) is 12.6 Å². The van der Waals surface area contributed by atoms with Gasteiger partial charge in [0.05, 0.1) is 5.68 Å². The number of rotatable bonds is 1. The van der Waals surface area contributed by atoms with Gasteiger partial charge in [0.2, 0.25) is 6.71 Å². The predicted molar refractivity (Wildman–Crippen MR) is 35.3 cm³/mol. The van der Waals surface area contributed by atoms with Crippen LogP contribution < -0.4 is 0 Å². The van der Waals surface area contributed by atoms with E-state index in [1.54, 1.807) is 6.92 Å². The van der Waals surface area contributed by atoms with Gasteiger partial charge in [0.1, 0.15) is 0 Å². The van der Waals surface area contributed by atoms with Gasteiger partial charge in [0.25, 0.3) is 0 Å². The zero-order valence-corrected chi connectivity index (χ0v) is 5.31. The van der Waals surface area contributed by atoms with Gasteiger partial charge in [-0.05, 0) is 6.92 Å². The lowest BCUT2D eigenvalue weighted by Gasteiger charge is -1.93. The summed E-state index contributed by atoms with van der Waals surface area (Å²) in [5.74, 6) is 0. The largest absolute Gasteiger partial charge is 0.311 e. The average molecular weight is 110 g/mol. The van der Waals surface area contributed by atoms with Crippen LogP contribution in [-0.4, -0.2) is 12.4 Å². The minimum absolute atomic E-state index is 0.391. The topological polar surface area (TPSA) is 17.1 Å². The van der Waals surface area contributed by atoms with E-state index in [4.69, 9.17) is 0 Å². The summed E-state index contributed by atoms with van der Waals surface area (Å²) < 4.78 is 0. The first kappa shape index (κ1) is 5.86. The van der Waals surface area contributed by atoms with Gasteiger partial charge in [-0.15, -0.1) is 0 Å². The van der Waals surface area contributed by atoms with Crippen molar-refractivity contribution < 1.29 is 4.79 Å². The van der Waals surface area contributed by atoms with Crippen molar-refractivity contribution in [3.05, 3.63) is 0 Å². The van der Waals surface area contributed by atoms with Gasteiger partial charge in [-0.3, -0.25) is 0 Å². The Morgan fingerprint density at radius 2 is 1.88 bits per heavy atom. The maximum atomic E-state index is 10.6. The molecule has 0 aromatic heterocycles. The molecular formula is C6H11BO. The highest BCUT2D eigenvalue weighted by molar-refractivity contribution is 6.90. The molecule has 1 rings (SSSR count). The zero-order chi connectivity index (χ0) is 5.98. The summed E-state index contributed by atoms with van der Waals surface area (Å²) in [7, 11) is 0. The Morgan fingerprint density at radius 3 is 2.12 bits per heavy atom. The molecule has 1 heterocycles. The first-order valence-corrected chi connectivity index (χ1v) is 3.31. The van der Waals surface area contributed by atoms with Crippen LogP contribution in [0.2, 0.25) is 12.6 Å². The van der Waals surface area contributed by atoms with Crippen molar-refractivity contribution in [3.8, 4) is 0 Å². The highest BCUT2D eigenvalue weighted by Gasteiger charge is 2.22. The van der Waals surface area contributed by atoms with Crippen molar-refractivity contribution in [2.75, 3.05) is 0 Å². The fourth-order valence-corrected chi connectivity index (χ4v) is 1.33. The summed E-state index contributed by atoms with van der Waals surface area (Å²) >= 11 is 0. The van der Waals surface area contributed by atoms with Gasteiger partial charge in [-0.25, -0.2) is 0 Å². The van der Waals surface area contributed by atoms with Crippen molar-refractivity contribution in [3.63, 3.8) is 0 Å². The standard InChI is InChI=1S/C6H11BO/c1-6(8)7-4-2-3-5-7/h2-5H2,1H3. The minimum atomic E-state index is 0.391. The number of carbonyl (C=O) groups is 1. The molecule has 0 bridgehead atoms. The van der Waals surface area contributed by atoms with Crippen LogP contribution in [-0.2, 0) is 4.79 Å². The molecule has 0 spiro atoms. The SMILES string of the molecule is CC(=O)B1CCCC1. The molecular weight excluding hydrogens is 98.9 g/mol. The summed E-state index contributed by atoms with van der Waals surface area (Å²) in [5, 5.41) is 0. The molecule has 1 nitrogen and oxygen atoms in total. The quantitative estimate of drug-likeness (QED) is 0.466. The normalized spacial score (nSPS) is 19.4. The van der Waals surface area contributed by atoms with E-state index in [0.29, 0.717) is 12.4 Å². The van der Waals surface area contributed by atoms with Gasteiger partial charge in [-0.2, -0.15) is 0 Å². The van der Waals surface area contributed by atoms with Crippen LogP contribution >= 0.6 is 0 Å². The van der Waals surface area contributed by atoms with Crippen molar-refractivity contribution in [1.82, 2.24) is 0 Å². The Kier molecular flexibility index (Phi) is 1.71. The molecule has 1 fully saturated rings. The van der Waals surface area contributed by atoms with E-state index in [9.17, 15) is 4.79 Å². The summed E-state index contributed by atoms with van der Waals surface area (Å²) in [6.45, 7) is 2.13. The van der Waals surface area contributed by atoms with Crippen molar-refractivity contribution in [1.29, 1.82) is 0 Å². The Balaban J connectivity index is 2.35. The number of hydrogen-bond donors (Lipinski definition) is 0. The second kappa shape index (κ2) is 2.34. The lowest BCUT2D eigenvalue weighted by molar-refractivity contribution is -0.110. The summed E-state index contributed by atoms with van der Waals surface area (Å²) in [4.78, 5) is 10.6. The average Bonchev–Trinajstić information content (AvgIpc) is 2.12. The summed E-state index contributed by atoms with van der Waals surface area (Å²) in [6, 6.07) is 0. The number of carbonyl (C=O) groups excluding carboxylic acids is 1. The first-order valence-electron chi connectivity index (χ1n) is 3.31. The number of hydrogen-bond acceptors (Lipinski definition) is 1. The summed E-state index contributed by atoms with van der Waals surface area (Å²) in [6.07, 6.45) is 4.83. The van der Waals surface area contributed by atoms with Gasteiger partial charge < -0.3 is 4.79 Å². The monoisotopic (exact) mass is 110 g/mol. The Morgan fingerprint density at radius 1 is 1.38 bits per heavy atom. The molecule has 2 heteroatoms. The smallest absolute Gasteiger partial charge is 0.222 e. The maximum Gasteiger partial charge on any atom is 0.222 e. The predicted octanol–water partition coefficient (Wildman–Crippen LogP) is 1.40. The molecule has 0 saturated carbocycles. The van der Waals surface area contributed by atoms with E-state index in [1.807, 2.05) is 0 Å². The summed E-state index contributed by atoms with van der Waals surface area (Å²) in [5.41, 5.74) is 0.391. The van der Waals surface area contributed by atoms with Crippen LogP contribution in [0, 0.1) is 0 Å². The molecule has 0 aromatic carbocycles. The van der Waals surface area contributed by atoms with E-state index >= 15 is 0 Å². The lowest BCUT2D eigenvalue weighted by Crippen LogP contribution is -2.17. The van der Waals surface area contributed by atoms with Crippen molar-refractivity contribution in [2.45, 2.75) is 32.4 Å². The molecule has 0 aliphatic carbocycles. The Hall–Kier alpha value is -0.265. The van der Waals surface area contributed by atoms with Crippen LogP contribution in [0.1, 0.15) is 19.8 Å². The third-order valence-electron chi connectivity index (χ3n) is 1.93. The molecule has 0 aromatic rings. The molecule has 0 unspecified atom stereocenters. The Labute approximate surface area is 50.5 Å². The van der Waals surface area contributed by atoms with Gasteiger partial charge >= 0.3 is 0 Å². The molecule has 0 atom stereocenters. The van der Waals surface area contributed by atoms with Gasteiger partial charge in [0, 0.05) is 0 Å². The molecule has 8 heavy (non-hydrogen) atoms. The van der Waals surface area contributed by atoms with Crippen LogP contribution in [0.3, 0.4) is 0 Å². The van der Waals surface area contributed by atoms with Crippen molar-refractivity contribution in [2.24, 2.45) is 0 Å². The van der Waals surface area contributed by atoms with E-state index in [1.165, 1.54) is 12.8 Å². The van der Waals surface area contributed by atoms with Gasteiger partial charge in [0.15, 0.2) is 0 Å². The fourth-order valence-electron chi connectivity index (χ4n) is 1.33. The molecule has 1 aliphatic heterocycles. The second-order valence-corrected chi connectivity index (χ2v) is 2.59. The highest BCUT2D eigenvalue weighted by atomic mass is 16.1. The van der Waals surface area contributed by atoms with Crippen molar-refractivity contribution >= 4 is 12.4 Å². The maximum absolute atomic E-state index is 10.6. The molecule has 0 radical (unpaired) electrons. The van der Waals surface area contributed by atoms with E-state index in [-0.39, 0.29) is 0 Å². The molecule has 1 saturated heterocycles. The highest BCUT2D eigenvalue weighted by Crippen LogP contribution is 2.19. The fraction of sp³-hybridized carbons (Fsp3) is 0.833. The van der Waals surface area contributed by atoms with Crippen LogP contribution in [0.15, 0.2) is 0 Å². The van der Waals surface area contributed by atoms with E-state index < -0.39 is 0 Å². The molecule has 1 aliphatic rings. The van der Waals surface area contributed by atoms with Crippen LogP contribution in [0.5, 0.6) is 0 Å². The second-order valence-electron chi connectivity index (χ2n) is 2.59. The minimum Gasteiger partial charge on any atom is -0.311 e. The molecule has 44 valence electrons. The van der Waals surface area contributed by atoms with E-state index in [2.05, 4.69) is 0 Å². The Bertz CT molecular complexity index is 94.7. The first-order chi connectivity index (χ1) is 3.80. The van der Waals surface area contributed by atoms with Gasteiger partial charge in [-0.1, -0.05) is 25.5 Å². The third kappa shape index (κ3) is 1.12. The molecule has 0 amide bonds. The zero-order valence-electron chi connectivity index (χ0n) is 5.31. The third-order valence-corrected chi connectivity index (χ3v) is 1.93. The molecule has 0 N–H and O–H groups in total.